The average molecular weight is 771 g/mol. The minimum Gasteiger partial charge on any atom is -0.425 e. The Kier molecular flexibility index (Phi) is 17.1. The van der Waals surface area contributed by atoms with E-state index in [1.807, 2.05) is 34.6 Å². The molecule has 0 aliphatic heterocycles. The summed E-state index contributed by atoms with van der Waals surface area (Å²) in [6.45, 7) is 9.66. The number of nitrogens with two attached hydrogens (primary N) is 1. The Hall–Kier alpha value is -3.59. The third kappa shape index (κ3) is 12.4. The maximum Gasteiger partial charge on any atom is 0.328 e. The number of thiazole rings is 2. The molecule has 0 bridgehead atoms. The molecule has 0 saturated carbocycles. The first-order chi connectivity index (χ1) is 22.8. The number of hydrogen-bond donors (Lipinski definition) is 3. The molecule has 2 amide bonds. The molecular formula is C33H38Cl3N5O6S2. The first-order valence-corrected chi connectivity index (χ1v) is 17.5. The maximum atomic E-state index is 12.4. The van der Waals surface area contributed by atoms with Gasteiger partial charge in [0.1, 0.15) is 26.2 Å². The van der Waals surface area contributed by atoms with Crippen molar-refractivity contribution in [2.75, 3.05) is 10.6 Å². The minimum absolute atomic E-state index is 0. The fourth-order valence-electron chi connectivity index (χ4n) is 3.89. The van der Waals surface area contributed by atoms with Crippen molar-refractivity contribution in [3.63, 3.8) is 0 Å². The molecule has 16 heteroatoms. The first kappa shape index (κ1) is 41.6. The van der Waals surface area contributed by atoms with Crippen molar-refractivity contribution in [1.82, 2.24) is 9.97 Å². The molecule has 2 heterocycles. The van der Waals surface area contributed by atoms with E-state index in [4.69, 9.17) is 38.4 Å². The van der Waals surface area contributed by atoms with E-state index in [2.05, 4.69) is 20.6 Å². The van der Waals surface area contributed by atoms with Crippen LogP contribution in [0.4, 0.5) is 10.3 Å². The summed E-state index contributed by atoms with van der Waals surface area (Å²) in [5, 5.41) is 6.02. The lowest BCUT2D eigenvalue weighted by molar-refractivity contribution is -0.140. The van der Waals surface area contributed by atoms with Gasteiger partial charge in [-0.15, -0.1) is 12.4 Å². The lowest BCUT2D eigenvalue weighted by Crippen LogP contribution is -2.39. The number of carbonyl (C=O) groups is 4. The number of nitrogens with one attached hydrogen (secondary N) is 2. The molecule has 4 rings (SSSR count). The molecule has 0 saturated heterocycles. The Balaban J connectivity index is 0.000000333. The highest BCUT2D eigenvalue weighted by atomic mass is 35.5. The summed E-state index contributed by atoms with van der Waals surface area (Å²) >= 11 is 13.9. The molecule has 49 heavy (non-hydrogen) atoms. The van der Waals surface area contributed by atoms with E-state index in [1.165, 1.54) is 12.4 Å². The van der Waals surface area contributed by atoms with Crippen molar-refractivity contribution in [3.8, 4) is 11.5 Å². The number of hydrogen-bond acceptors (Lipinski definition) is 11. The molecule has 11 nitrogen and oxygen atoms in total. The second kappa shape index (κ2) is 20.2. The van der Waals surface area contributed by atoms with Crippen LogP contribution in [0.1, 0.15) is 68.2 Å². The lowest BCUT2D eigenvalue weighted by atomic mass is 9.94. The Labute approximate surface area is 309 Å². The smallest absolute Gasteiger partial charge is 0.328 e. The molecule has 0 aliphatic carbocycles. The number of amides is 2. The van der Waals surface area contributed by atoms with Gasteiger partial charge in [-0.3, -0.25) is 25.0 Å². The molecule has 2 aromatic heterocycles. The van der Waals surface area contributed by atoms with Gasteiger partial charge in [-0.1, -0.05) is 118 Å². The molecule has 4 aromatic rings. The van der Waals surface area contributed by atoms with E-state index in [-0.39, 0.29) is 58.8 Å². The van der Waals surface area contributed by atoms with Crippen molar-refractivity contribution in [2.24, 2.45) is 23.5 Å². The van der Waals surface area contributed by atoms with Crippen LogP contribution in [0.25, 0.3) is 0 Å². The fraction of sp³-hybridized carbons (Fsp3) is 0.333. The predicted molar refractivity (Wildman–Crippen MR) is 198 cm³/mol. The second-order valence-electron chi connectivity index (χ2n) is 10.8. The predicted octanol–water partition coefficient (Wildman–Crippen LogP) is 8.39. The number of nitrogens with zero attached hydrogens (tertiary/aromatic N) is 2. The Morgan fingerprint density at radius 3 is 1.53 bits per heavy atom. The average Bonchev–Trinajstić information content (AvgIpc) is 3.69. The van der Waals surface area contributed by atoms with Crippen LogP contribution < -0.4 is 25.8 Å². The highest BCUT2D eigenvalue weighted by Crippen LogP contribution is 2.27. The normalized spacial score (nSPS) is 12.9. The number of esters is 2. The summed E-state index contributed by atoms with van der Waals surface area (Å²) < 4.78 is 11.7. The summed E-state index contributed by atoms with van der Waals surface area (Å²) in [5.41, 5.74) is 6.36. The lowest BCUT2D eigenvalue weighted by Gasteiger charge is -2.17. The molecule has 2 aromatic carbocycles. The van der Waals surface area contributed by atoms with Crippen LogP contribution in [0.5, 0.6) is 11.5 Å². The number of halogens is 3. The highest BCUT2D eigenvalue weighted by molar-refractivity contribution is 7.19. The Bertz CT molecular complexity index is 1600. The van der Waals surface area contributed by atoms with Gasteiger partial charge in [0.15, 0.2) is 10.3 Å². The van der Waals surface area contributed by atoms with Gasteiger partial charge in [-0.05, 0) is 36.1 Å². The van der Waals surface area contributed by atoms with Gasteiger partial charge < -0.3 is 15.2 Å². The molecule has 0 aliphatic rings. The summed E-state index contributed by atoms with van der Waals surface area (Å²) in [6.07, 6.45) is 4.53. The van der Waals surface area contributed by atoms with Crippen LogP contribution in [-0.4, -0.2) is 39.8 Å². The zero-order chi connectivity index (χ0) is 35.4. The standard InChI is InChI=1S/C17H19ClN2O3S.C16H18ClN3O3S.ClH/c1-4-10(2)11(3)16(22)23-13-8-6-5-7-12(13)15(21)20-17-19-9-14(18)24-17;1-3-9(2)13(18)15(22)23-11-7-5-4-6-10(11)14(21)20-16-19-8-12(17)24-16;/h5-11H,4H2,1-3H3,(H,19,20,21);4-9,13H,3,18H2,1-2H3,(H,19,20,21);1H/t10-,11-;9-,13-;/m00./s1. The van der Waals surface area contributed by atoms with Crippen LogP contribution in [0.15, 0.2) is 60.9 Å². The number of carbonyl (C=O) groups excluding carboxylic acids is 4. The molecule has 0 fully saturated rings. The molecule has 0 spiro atoms. The maximum absolute atomic E-state index is 12.4. The van der Waals surface area contributed by atoms with Gasteiger partial charge in [-0.25, -0.2) is 14.8 Å². The van der Waals surface area contributed by atoms with E-state index in [0.29, 0.717) is 18.9 Å². The zero-order valence-corrected chi connectivity index (χ0v) is 31.4. The van der Waals surface area contributed by atoms with Crippen molar-refractivity contribution >= 4 is 92.3 Å². The molecule has 0 radical (unpaired) electrons. The van der Waals surface area contributed by atoms with Gasteiger partial charge in [0.2, 0.25) is 0 Å². The summed E-state index contributed by atoms with van der Waals surface area (Å²) in [6, 6.07) is 12.3. The Morgan fingerprint density at radius 1 is 0.735 bits per heavy atom. The highest BCUT2D eigenvalue weighted by Gasteiger charge is 2.25. The minimum atomic E-state index is -0.746. The molecular weight excluding hydrogens is 733 g/mol. The van der Waals surface area contributed by atoms with Crippen molar-refractivity contribution < 1.29 is 28.7 Å². The first-order valence-electron chi connectivity index (χ1n) is 15.1. The van der Waals surface area contributed by atoms with E-state index in [1.54, 1.807) is 48.5 Å². The van der Waals surface area contributed by atoms with E-state index in [0.717, 1.165) is 35.5 Å². The second-order valence-corrected chi connectivity index (χ2v) is 14.1. The number of benzene rings is 2. The van der Waals surface area contributed by atoms with E-state index >= 15 is 0 Å². The van der Waals surface area contributed by atoms with Crippen LogP contribution in [-0.2, 0) is 9.59 Å². The molecule has 0 unspecified atom stereocenters. The fourth-order valence-corrected chi connectivity index (χ4v) is 5.50. The van der Waals surface area contributed by atoms with Crippen LogP contribution in [0.3, 0.4) is 0 Å². The van der Waals surface area contributed by atoms with Crippen LogP contribution in [0, 0.1) is 17.8 Å². The number of ether oxygens (including phenoxy) is 2. The van der Waals surface area contributed by atoms with Crippen LogP contribution >= 0.6 is 58.3 Å². The van der Waals surface area contributed by atoms with Gasteiger partial charge >= 0.3 is 11.9 Å². The number of para-hydroxylation sites is 2. The number of aromatic nitrogens is 2. The van der Waals surface area contributed by atoms with Crippen molar-refractivity contribution in [3.05, 3.63) is 80.7 Å². The largest absolute Gasteiger partial charge is 0.425 e. The van der Waals surface area contributed by atoms with Crippen molar-refractivity contribution in [2.45, 2.75) is 53.5 Å². The van der Waals surface area contributed by atoms with E-state index in [9.17, 15) is 19.2 Å². The number of rotatable bonds is 12. The van der Waals surface area contributed by atoms with Gasteiger partial charge in [0.25, 0.3) is 11.8 Å². The summed E-state index contributed by atoms with van der Waals surface area (Å²) in [5.74, 6) is -1.43. The zero-order valence-electron chi connectivity index (χ0n) is 27.4. The molecule has 264 valence electrons. The quantitative estimate of drug-likeness (QED) is 0.0949. The van der Waals surface area contributed by atoms with Gasteiger partial charge in [0.05, 0.1) is 29.4 Å². The molecule has 4 N–H and O–H groups in total. The third-order valence-electron chi connectivity index (χ3n) is 7.48. The van der Waals surface area contributed by atoms with Crippen LogP contribution in [0.2, 0.25) is 8.67 Å². The van der Waals surface area contributed by atoms with Gasteiger partial charge in [0, 0.05) is 0 Å². The number of anilines is 2. The van der Waals surface area contributed by atoms with Gasteiger partial charge in [-0.2, -0.15) is 0 Å². The summed E-state index contributed by atoms with van der Waals surface area (Å²) in [4.78, 5) is 57.1. The molecule has 4 atom stereocenters. The third-order valence-corrected chi connectivity index (χ3v) is 9.54. The summed E-state index contributed by atoms with van der Waals surface area (Å²) in [7, 11) is 0. The monoisotopic (exact) mass is 769 g/mol. The SMILES string of the molecule is CC[C@H](C)[C@H](C)C(=O)Oc1ccccc1C(=O)Nc1ncc(Cl)s1.CC[C@H](C)[C@H](N)C(=O)Oc1ccccc1C(=O)Nc1ncc(Cl)s1.Cl. The Morgan fingerprint density at radius 2 is 1.14 bits per heavy atom. The van der Waals surface area contributed by atoms with E-state index < -0.39 is 23.8 Å². The topological polar surface area (TPSA) is 163 Å². The van der Waals surface area contributed by atoms with Crippen molar-refractivity contribution in [1.29, 1.82) is 0 Å².